The molecule has 0 aliphatic carbocycles. The quantitative estimate of drug-likeness (QED) is 0.722. The van der Waals surface area contributed by atoms with Gasteiger partial charge in [0.1, 0.15) is 5.75 Å². The largest absolute Gasteiger partial charge is 0.495 e. The lowest BCUT2D eigenvalue weighted by atomic mass is 10.1. The van der Waals surface area contributed by atoms with Crippen molar-refractivity contribution in [1.29, 1.82) is 0 Å². The minimum absolute atomic E-state index is 0.0466. The number of thiophene rings is 1. The van der Waals surface area contributed by atoms with Gasteiger partial charge in [-0.05, 0) is 40.6 Å². The Balaban J connectivity index is 1.65. The molecule has 0 aliphatic heterocycles. The number of carbonyl (C=O) groups is 1. The summed E-state index contributed by atoms with van der Waals surface area (Å²) in [7, 11) is 1.57. The van der Waals surface area contributed by atoms with Crippen LogP contribution >= 0.6 is 11.3 Å². The third-order valence-electron chi connectivity index (χ3n) is 3.58. The molecule has 0 fully saturated rings. The van der Waals surface area contributed by atoms with Crippen LogP contribution in [0.15, 0.2) is 59.6 Å². The third-order valence-corrected chi connectivity index (χ3v) is 4.28. The smallest absolute Gasteiger partial charge is 0.319 e. The van der Waals surface area contributed by atoms with E-state index >= 15 is 0 Å². The van der Waals surface area contributed by atoms with Crippen molar-refractivity contribution < 1.29 is 9.53 Å². The number of methoxy groups -OCH3 is 1. The van der Waals surface area contributed by atoms with Gasteiger partial charge in [0.25, 0.3) is 0 Å². The number of nitrogens with zero attached hydrogens (tertiary/aromatic N) is 2. The highest BCUT2D eigenvalue weighted by atomic mass is 32.1. The minimum Gasteiger partial charge on any atom is -0.495 e. The summed E-state index contributed by atoms with van der Waals surface area (Å²) in [6.45, 7) is 0.430. The van der Waals surface area contributed by atoms with Crippen LogP contribution in [-0.2, 0) is 0 Å². The molecule has 0 saturated heterocycles. The second-order valence-corrected chi connectivity index (χ2v) is 5.87. The van der Waals surface area contributed by atoms with Gasteiger partial charge in [-0.25, -0.2) is 4.79 Å². The number of nitrogens with one attached hydrogen (secondary N) is 2. The number of urea groups is 1. The predicted octanol–water partition coefficient (Wildman–Crippen LogP) is 3.36. The molecular weight excluding hydrogens is 324 g/mol. The first-order chi connectivity index (χ1) is 11.8. The number of anilines is 1. The number of carbonyl (C=O) groups excluding carboxylic acids is 1. The van der Waals surface area contributed by atoms with Crippen LogP contribution in [0.3, 0.4) is 0 Å². The number of hydrogen-bond acceptors (Lipinski definition) is 4. The predicted molar refractivity (Wildman–Crippen MR) is 94.7 cm³/mol. The fourth-order valence-electron chi connectivity index (χ4n) is 2.40. The van der Waals surface area contributed by atoms with Crippen molar-refractivity contribution in [3.05, 3.63) is 65.1 Å². The summed E-state index contributed by atoms with van der Waals surface area (Å²) in [5.41, 5.74) is 1.74. The van der Waals surface area contributed by atoms with Crippen LogP contribution in [0.2, 0.25) is 0 Å². The first-order valence-electron chi connectivity index (χ1n) is 7.47. The zero-order valence-corrected chi connectivity index (χ0v) is 14.0. The molecule has 2 heterocycles. The summed E-state index contributed by atoms with van der Waals surface area (Å²) < 4.78 is 7.07. The summed E-state index contributed by atoms with van der Waals surface area (Å²) in [4.78, 5) is 12.2. The highest BCUT2D eigenvalue weighted by Crippen LogP contribution is 2.23. The topological polar surface area (TPSA) is 68.2 Å². The van der Waals surface area contributed by atoms with E-state index < -0.39 is 0 Å². The van der Waals surface area contributed by atoms with Gasteiger partial charge in [0.15, 0.2) is 0 Å². The Morgan fingerprint density at radius 2 is 2.21 bits per heavy atom. The lowest BCUT2D eigenvalue weighted by Crippen LogP contribution is -2.34. The maximum absolute atomic E-state index is 12.2. The van der Waals surface area contributed by atoms with Gasteiger partial charge in [-0.15, -0.1) is 0 Å². The molecule has 1 atom stereocenters. The molecule has 2 N–H and O–H groups in total. The number of aromatic nitrogens is 2. The maximum atomic E-state index is 12.2. The highest BCUT2D eigenvalue weighted by molar-refractivity contribution is 7.07. The van der Waals surface area contributed by atoms with Crippen molar-refractivity contribution >= 4 is 23.1 Å². The van der Waals surface area contributed by atoms with Gasteiger partial charge in [0, 0.05) is 18.9 Å². The van der Waals surface area contributed by atoms with Gasteiger partial charge in [-0.3, -0.25) is 4.68 Å². The van der Waals surface area contributed by atoms with Crippen LogP contribution < -0.4 is 15.4 Å². The van der Waals surface area contributed by atoms with Crippen LogP contribution in [-0.4, -0.2) is 29.5 Å². The Bertz CT molecular complexity index is 738. The summed E-state index contributed by atoms with van der Waals surface area (Å²) in [6.07, 6.45) is 3.62. The van der Waals surface area contributed by atoms with E-state index in [9.17, 15) is 4.79 Å². The first-order valence-corrected chi connectivity index (χ1v) is 8.41. The molecule has 24 heavy (non-hydrogen) atoms. The van der Waals surface area contributed by atoms with Gasteiger partial charge in [0.05, 0.1) is 18.8 Å². The Kier molecular flexibility index (Phi) is 5.12. The average Bonchev–Trinajstić information content (AvgIpc) is 3.30. The van der Waals surface area contributed by atoms with Crippen molar-refractivity contribution in [2.45, 2.75) is 6.04 Å². The molecule has 7 heteroatoms. The minimum atomic E-state index is -0.285. The molecule has 1 unspecified atom stereocenters. The van der Waals surface area contributed by atoms with E-state index in [4.69, 9.17) is 4.74 Å². The van der Waals surface area contributed by atoms with Crippen LogP contribution in [0.4, 0.5) is 10.5 Å². The summed E-state index contributed by atoms with van der Waals surface area (Å²) in [5, 5.41) is 14.1. The van der Waals surface area contributed by atoms with Crippen molar-refractivity contribution in [2.75, 3.05) is 19.0 Å². The van der Waals surface area contributed by atoms with E-state index in [0.717, 1.165) is 5.56 Å². The number of ether oxygens (including phenoxy) is 1. The van der Waals surface area contributed by atoms with Crippen LogP contribution in [0, 0.1) is 0 Å². The zero-order chi connectivity index (χ0) is 16.8. The number of amides is 2. The Morgan fingerprint density at radius 3 is 2.92 bits per heavy atom. The lowest BCUT2D eigenvalue weighted by Gasteiger charge is -2.18. The molecule has 0 saturated carbocycles. The van der Waals surface area contributed by atoms with Gasteiger partial charge < -0.3 is 15.4 Å². The average molecular weight is 342 g/mol. The second-order valence-electron chi connectivity index (χ2n) is 5.09. The van der Waals surface area contributed by atoms with Crippen molar-refractivity contribution in [1.82, 2.24) is 15.1 Å². The number of para-hydroxylation sites is 2. The van der Waals surface area contributed by atoms with E-state index in [0.29, 0.717) is 18.0 Å². The molecular formula is C17H18N4O2S. The summed E-state index contributed by atoms with van der Waals surface area (Å²) >= 11 is 1.62. The van der Waals surface area contributed by atoms with Crippen molar-refractivity contribution in [3.63, 3.8) is 0 Å². The number of benzene rings is 1. The summed E-state index contributed by atoms with van der Waals surface area (Å²) in [6, 6.07) is 10.9. The standard InChI is InChI=1S/C17H18N4O2S/c1-23-16-6-3-2-5-14(16)20-17(22)18-11-15(13-7-10-24-12-13)21-9-4-8-19-21/h2-10,12,15H,11H2,1H3,(H2,18,20,22). The normalized spacial score (nSPS) is 11.7. The molecule has 1 aromatic carbocycles. The molecule has 0 radical (unpaired) electrons. The van der Waals surface area contributed by atoms with Gasteiger partial charge >= 0.3 is 6.03 Å². The van der Waals surface area contributed by atoms with Crippen molar-refractivity contribution in [2.24, 2.45) is 0 Å². The molecule has 3 rings (SSSR count). The van der Waals surface area contributed by atoms with Crippen LogP contribution in [0.1, 0.15) is 11.6 Å². The van der Waals surface area contributed by atoms with Crippen LogP contribution in [0.5, 0.6) is 5.75 Å². The molecule has 124 valence electrons. The van der Waals surface area contributed by atoms with Crippen molar-refractivity contribution in [3.8, 4) is 5.75 Å². The zero-order valence-electron chi connectivity index (χ0n) is 13.2. The maximum Gasteiger partial charge on any atom is 0.319 e. The monoisotopic (exact) mass is 342 g/mol. The van der Waals surface area contributed by atoms with Crippen LogP contribution in [0.25, 0.3) is 0 Å². The van der Waals surface area contributed by atoms with E-state index in [-0.39, 0.29) is 12.1 Å². The van der Waals surface area contributed by atoms with E-state index in [1.807, 2.05) is 40.5 Å². The van der Waals surface area contributed by atoms with E-state index in [1.54, 1.807) is 36.8 Å². The highest BCUT2D eigenvalue weighted by Gasteiger charge is 2.16. The Labute approximate surface area is 144 Å². The fourth-order valence-corrected chi connectivity index (χ4v) is 3.10. The fraction of sp³-hybridized carbons (Fsp3) is 0.176. The Hall–Kier alpha value is -2.80. The molecule has 0 spiro atoms. The first kappa shape index (κ1) is 16.1. The molecule has 6 nitrogen and oxygen atoms in total. The number of rotatable bonds is 6. The van der Waals surface area contributed by atoms with Gasteiger partial charge in [-0.1, -0.05) is 12.1 Å². The molecule has 0 bridgehead atoms. The van der Waals surface area contributed by atoms with E-state index in [1.165, 1.54) is 0 Å². The lowest BCUT2D eigenvalue weighted by molar-refractivity contribution is 0.250. The molecule has 2 amide bonds. The van der Waals surface area contributed by atoms with Gasteiger partial charge in [-0.2, -0.15) is 16.4 Å². The molecule has 3 aromatic rings. The third kappa shape index (κ3) is 3.75. The SMILES string of the molecule is COc1ccccc1NC(=O)NCC(c1ccsc1)n1cccn1. The number of hydrogen-bond donors (Lipinski definition) is 2. The van der Waals surface area contributed by atoms with E-state index in [2.05, 4.69) is 21.1 Å². The molecule has 2 aromatic heterocycles. The summed E-state index contributed by atoms with van der Waals surface area (Å²) in [5.74, 6) is 0.620. The Morgan fingerprint density at radius 1 is 1.33 bits per heavy atom. The van der Waals surface area contributed by atoms with Gasteiger partial charge in [0.2, 0.25) is 0 Å². The molecule has 0 aliphatic rings. The second kappa shape index (κ2) is 7.65.